The molecule has 0 atom stereocenters. The third-order valence-electron chi connectivity index (χ3n) is 1.80. The summed E-state index contributed by atoms with van der Waals surface area (Å²) in [4.78, 5) is 14.8. The highest BCUT2D eigenvalue weighted by Crippen LogP contribution is 2.26. The Hall–Kier alpha value is -1.11. The van der Waals surface area contributed by atoms with Crippen molar-refractivity contribution in [2.75, 3.05) is 7.11 Å². The molecule has 16 heavy (non-hydrogen) atoms. The lowest BCUT2D eigenvalue weighted by Crippen LogP contribution is -2.12. The van der Waals surface area contributed by atoms with Gasteiger partial charge in [-0.1, -0.05) is 15.9 Å². The Morgan fingerprint density at radius 3 is 2.69 bits per heavy atom. The first-order valence-corrected chi connectivity index (χ1v) is 5.25. The first-order chi connectivity index (χ1) is 7.51. The first-order valence-electron chi connectivity index (χ1n) is 4.13. The molecular weight excluding hydrogens is 291 g/mol. The van der Waals surface area contributed by atoms with Crippen LogP contribution in [-0.4, -0.2) is 18.1 Å². The quantitative estimate of drug-likeness (QED) is 0.636. The summed E-state index contributed by atoms with van der Waals surface area (Å²) in [6, 6.07) is 0.850. The van der Waals surface area contributed by atoms with Gasteiger partial charge in [-0.05, 0) is 6.07 Å². The molecule has 0 bridgehead atoms. The lowest BCUT2D eigenvalue weighted by molar-refractivity contribution is 0.0579. The maximum Gasteiger partial charge on any atom is 0.357 e. The third-order valence-corrected chi connectivity index (χ3v) is 2.37. The van der Waals surface area contributed by atoms with E-state index in [-0.39, 0.29) is 11.0 Å². The zero-order valence-corrected chi connectivity index (χ0v) is 9.72. The van der Waals surface area contributed by atoms with Gasteiger partial charge in [0.15, 0.2) is 5.69 Å². The van der Waals surface area contributed by atoms with Crippen LogP contribution in [0.3, 0.4) is 0 Å². The highest BCUT2D eigenvalue weighted by Gasteiger charge is 2.25. The normalized spacial score (nSPS) is 10.6. The molecule has 0 aliphatic heterocycles. The minimum atomic E-state index is -3.12. The number of carbonyl (C=O) groups excluding carboxylic acids is 1. The monoisotopic (exact) mass is 297 g/mol. The Bertz CT molecular complexity index is 412. The predicted octanol–water partition coefficient (Wildman–Crippen LogP) is 2.84. The summed E-state index contributed by atoms with van der Waals surface area (Å²) in [6.45, 7) is 0. The minimum absolute atomic E-state index is 0.141. The van der Waals surface area contributed by atoms with Crippen LogP contribution >= 0.6 is 15.9 Å². The number of rotatable bonds is 3. The number of hydrogen-bond acceptors (Lipinski definition) is 3. The van der Waals surface area contributed by atoms with Crippen molar-refractivity contribution in [3.05, 3.63) is 28.8 Å². The van der Waals surface area contributed by atoms with E-state index in [4.69, 9.17) is 0 Å². The van der Waals surface area contributed by atoms with Crippen molar-refractivity contribution < 1.29 is 22.7 Å². The number of hydrogen-bond donors (Lipinski definition) is 0. The number of carbonyl (C=O) groups is 1. The lowest BCUT2D eigenvalue weighted by Gasteiger charge is -2.08. The number of ether oxygens (including phenoxy) is 1. The van der Waals surface area contributed by atoms with Crippen LogP contribution in [0, 0.1) is 5.82 Å². The molecule has 0 fully saturated rings. The van der Waals surface area contributed by atoms with Crippen molar-refractivity contribution in [3.63, 3.8) is 0 Å². The highest BCUT2D eigenvalue weighted by atomic mass is 79.9. The fourth-order valence-electron chi connectivity index (χ4n) is 1.10. The third kappa shape index (κ3) is 2.52. The largest absolute Gasteiger partial charge is 0.464 e. The molecule has 0 aliphatic carbocycles. The zero-order chi connectivity index (χ0) is 12.3. The van der Waals surface area contributed by atoms with Gasteiger partial charge in [-0.25, -0.2) is 22.9 Å². The van der Waals surface area contributed by atoms with Crippen molar-refractivity contribution in [1.82, 2.24) is 4.98 Å². The fourth-order valence-corrected chi connectivity index (χ4v) is 1.39. The molecule has 0 saturated heterocycles. The number of aromatic nitrogens is 1. The summed E-state index contributed by atoms with van der Waals surface area (Å²) in [7, 11) is 1.01. The Balaban J connectivity index is 3.40. The highest BCUT2D eigenvalue weighted by molar-refractivity contribution is 9.08. The van der Waals surface area contributed by atoms with E-state index in [1.165, 1.54) is 0 Å². The van der Waals surface area contributed by atoms with Gasteiger partial charge in [0.1, 0.15) is 5.82 Å². The molecule has 1 heterocycles. The molecule has 0 aromatic carbocycles. The van der Waals surface area contributed by atoms with Crippen molar-refractivity contribution in [3.8, 4) is 0 Å². The summed E-state index contributed by atoms with van der Waals surface area (Å²) in [5, 5.41) is 0.150. The maximum atomic E-state index is 13.3. The van der Waals surface area contributed by atoms with Crippen LogP contribution in [0.15, 0.2) is 6.07 Å². The van der Waals surface area contributed by atoms with Crippen molar-refractivity contribution in [2.45, 2.75) is 11.8 Å². The van der Waals surface area contributed by atoms with Crippen LogP contribution in [0.4, 0.5) is 13.2 Å². The fraction of sp³-hybridized carbons (Fsp3) is 0.333. The topological polar surface area (TPSA) is 39.2 Å². The average molecular weight is 298 g/mol. The number of halogens is 4. The molecule has 3 nitrogen and oxygen atoms in total. The summed E-state index contributed by atoms with van der Waals surface area (Å²) in [5.74, 6) is -2.25. The van der Waals surface area contributed by atoms with Crippen LogP contribution < -0.4 is 0 Å². The van der Waals surface area contributed by atoms with Crippen molar-refractivity contribution in [2.24, 2.45) is 0 Å². The second kappa shape index (κ2) is 5.29. The van der Waals surface area contributed by atoms with Gasteiger partial charge >= 0.3 is 5.97 Å². The first kappa shape index (κ1) is 13.0. The Morgan fingerprint density at radius 1 is 1.62 bits per heavy atom. The summed E-state index contributed by atoms with van der Waals surface area (Å²) in [5.41, 5.74) is -1.58. The van der Waals surface area contributed by atoms with E-state index < -0.39 is 29.5 Å². The molecule has 88 valence electrons. The Labute approximate surface area is 97.8 Å². The maximum absolute atomic E-state index is 13.3. The average Bonchev–Trinajstić information content (AvgIpc) is 2.26. The molecule has 0 aliphatic rings. The number of esters is 1. The van der Waals surface area contributed by atoms with Crippen LogP contribution in [0.1, 0.15) is 28.2 Å². The molecule has 0 amide bonds. The molecule has 0 spiro atoms. The van der Waals surface area contributed by atoms with Gasteiger partial charge in [0, 0.05) is 5.33 Å². The molecule has 7 heteroatoms. The van der Waals surface area contributed by atoms with Crippen LogP contribution in [-0.2, 0) is 10.1 Å². The zero-order valence-electron chi connectivity index (χ0n) is 8.14. The van der Waals surface area contributed by atoms with Gasteiger partial charge in [-0.2, -0.15) is 0 Å². The van der Waals surface area contributed by atoms with E-state index >= 15 is 0 Å². The van der Waals surface area contributed by atoms with E-state index in [0.717, 1.165) is 13.2 Å². The van der Waals surface area contributed by atoms with Gasteiger partial charge in [0.2, 0.25) is 0 Å². The smallest absolute Gasteiger partial charge is 0.357 e. The standard InChI is InChI=1S/C9H7BrF3NO2/c1-16-9(15)7-6(8(12)13)5(11)2-4(3-10)14-7/h2,8H,3H2,1H3. The van der Waals surface area contributed by atoms with Crippen molar-refractivity contribution >= 4 is 21.9 Å². The predicted molar refractivity (Wildman–Crippen MR) is 53.1 cm³/mol. The summed E-state index contributed by atoms with van der Waals surface area (Å²) < 4.78 is 42.6. The summed E-state index contributed by atoms with van der Waals surface area (Å²) >= 11 is 2.99. The Kier molecular flexibility index (Phi) is 4.28. The molecule has 1 aromatic rings. The van der Waals surface area contributed by atoms with Gasteiger partial charge in [-0.15, -0.1) is 0 Å². The molecule has 0 unspecified atom stereocenters. The molecular formula is C9H7BrF3NO2. The second-order valence-electron chi connectivity index (χ2n) is 2.78. The van der Waals surface area contributed by atoms with Gasteiger partial charge in [0.05, 0.1) is 18.4 Å². The van der Waals surface area contributed by atoms with E-state index in [9.17, 15) is 18.0 Å². The van der Waals surface area contributed by atoms with E-state index in [1.54, 1.807) is 0 Å². The Morgan fingerprint density at radius 2 is 2.25 bits per heavy atom. The number of nitrogens with zero attached hydrogens (tertiary/aromatic N) is 1. The number of pyridine rings is 1. The minimum Gasteiger partial charge on any atom is -0.464 e. The second-order valence-corrected chi connectivity index (χ2v) is 3.34. The van der Waals surface area contributed by atoms with Gasteiger partial charge < -0.3 is 4.74 Å². The molecule has 0 saturated carbocycles. The SMILES string of the molecule is COC(=O)c1nc(CBr)cc(F)c1C(F)F. The van der Waals surface area contributed by atoms with Crippen LogP contribution in [0.25, 0.3) is 0 Å². The number of methoxy groups -OCH3 is 1. The summed E-state index contributed by atoms with van der Waals surface area (Å²) in [6.07, 6.45) is -3.12. The van der Waals surface area contributed by atoms with Crippen LogP contribution in [0.5, 0.6) is 0 Å². The van der Waals surface area contributed by atoms with Gasteiger partial charge in [-0.3, -0.25) is 0 Å². The molecule has 1 aromatic heterocycles. The number of alkyl halides is 3. The van der Waals surface area contributed by atoms with E-state index in [2.05, 4.69) is 25.7 Å². The van der Waals surface area contributed by atoms with Gasteiger partial charge in [0.25, 0.3) is 6.43 Å². The lowest BCUT2D eigenvalue weighted by atomic mass is 10.1. The van der Waals surface area contributed by atoms with E-state index in [1.807, 2.05) is 0 Å². The van der Waals surface area contributed by atoms with Crippen LogP contribution in [0.2, 0.25) is 0 Å². The molecule has 0 N–H and O–H groups in total. The van der Waals surface area contributed by atoms with E-state index in [0.29, 0.717) is 0 Å². The molecule has 1 rings (SSSR count). The molecule has 0 radical (unpaired) electrons. The van der Waals surface area contributed by atoms with Crippen molar-refractivity contribution in [1.29, 1.82) is 0 Å².